The van der Waals surface area contributed by atoms with Crippen LogP contribution in [0.25, 0.3) is 0 Å². The van der Waals surface area contributed by atoms with Crippen LogP contribution in [0.2, 0.25) is 0 Å². The quantitative estimate of drug-likeness (QED) is 0.898. The third-order valence-corrected chi connectivity index (χ3v) is 4.39. The molecule has 2 N–H and O–H groups in total. The zero-order valence-electron chi connectivity index (χ0n) is 10.9. The van der Waals surface area contributed by atoms with Crippen LogP contribution in [-0.2, 0) is 4.79 Å². The van der Waals surface area contributed by atoms with Gasteiger partial charge in [0.05, 0.1) is 5.92 Å². The number of amides is 1. The van der Waals surface area contributed by atoms with Gasteiger partial charge in [-0.1, -0.05) is 12.1 Å². The highest BCUT2D eigenvalue weighted by Gasteiger charge is 2.40. The van der Waals surface area contributed by atoms with E-state index in [1.165, 1.54) is 24.1 Å². The molecule has 0 bridgehead atoms. The van der Waals surface area contributed by atoms with Crippen molar-refractivity contribution in [2.75, 3.05) is 19.6 Å². The number of likely N-dealkylation sites (tertiary alicyclic amines) is 1. The maximum absolute atomic E-state index is 12.9. The van der Waals surface area contributed by atoms with Crippen molar-refractivity contribution in [3.63, 3.8) is 0 Å². The average molecular weight is 262 g/mol. The first kappa shape index (κ1) is 12.6. The number of hydrogen-bond acceptors (Lipinski definition) is 2. The lowest BCUT2D eigenvalue weighted by Gasteiger charge is -2.15. The molecule has 102 valence electrons. The Labute approximate surface area is 112 Å². The summed E-state index contributed by atoms with van der Waals surface area (Å²) in [5.41, 5.74) is 6.57. The average Bonchev–Trinajstić information content (AvgIpc) is 2.97. The van der Waals surface area contributed by atoms with Crippen LogP contribution in [0.4, 0.5) is 4.39 Å². The number of nitrogens with zero attached hydrogens (tertiary/aromatic N) is 1. The van der Waals surface area contributed by atoms with E-state index in [9.17, 15) is 9.18 Å². The Morgan fingerprint density at radius 2 is 2.11 bits per heavy atom. The van der Waals surface area contributed by atoms with Crippen molar-refractivity contribution >= 4 is 5.91 Å². The van der Waals surface area contributed by atoms with Crippen molar-refractivity contribution in [2.45, 2.75) is 18.8 Å². The van der Waals surface area contributed by atoms with Crippen LogP contribution in [0.15, 0.2) is 24.3 Å². The number of carbonyl (C=O) groups excluding carboxylic acids is 1. The minimum Gasteiger partial charge on any atom is -0.369 e. The Morgan fingerprint density at radius 1 is 1.37 bits per heavy atom. The predicted molar refractivity (Wildman–Crippen MR) is 71.0 cm³/mol. The zero-order chi connectivity index (χ0) is 13.4. The molecule has 3 atom stereocenters. The molecule has 0 aromatic heterocycles. The summed E-state index contributed by atoms with van der Waals surface area (Å²) < 4.78 is 12.9. The molecule has 4 heteroatoms. The topological polar surface area (TPSA) is 46.3 Å². The minimum atomic E-state index is -0.176. The number of hydrogen-bond donors (Lipinski definition) is 1. The van der Waals surface area contributed by atoms with Gasteiger partial charge in [0.1, 0.15) is 5.82 Å². The Balaban J connectivity index is 1.51. The van der Waals surface area contributed by atoms with E-state index in [-0.39, 0.29) is 17.6 Å². The van der Waals surface area contributed by atoms with Gasteiger partial charge in [0.2, 0.25) is 5.91 Å². The minimum absolute atomic E-state index is 0.0306. The van der Waals surface area contributed by atoms with E-state index in [0.717, 1.165) is 26.1 Å². The van der Waals surface area contributed by atoms with Crippen LogP contribution < -0.4 is 5.73 Å². The molecule has 19 heavy (non-hydrogen) atoms. The van der Waals surface area contributed by atoms with E-state index in [0.29, 0.717) is 11.8 Å². The maximum atomic E-state index is 12.9. The molecule has 1 aliphatic heterocycles. The van der Waals surface area contributed by atoms with Gasteiger partial charge in [-0.25, -0.2) is 4.39 Å². The first-order valence-electron chi connectivity index (χ1n) is 6.90. The highest BCUT2D eigenvalue weighted by Crippen LogP contribution is 2.48. The zero-order valence-corrected chi connectivity index (χ0v) is 10.9. The highest BCUT2D eigenvalue weighted by molar-refractivity contribution is 5.77. The van der Waals surface area contributed by atoms with Crippen LogP contribution in [0.5, 0.6) is 0 Å². The van der Waals surface area contributed by atoms with Crippen LogP contribution >= 0.6 is 0 Å². The van der Waals surface area contributed by atoms with Gasteiger partial charge in [0.15, 0.2) is 0 Å². The second-order valence-corrected chi connectivity index (χ2v) is 5.80. The fraction of sp³-hybridized carbons (Fsp3) is 0.533. The Hall–Kier alpha value is -1.42. The largest absolute Gasteiger partial charge is 0.369 e. The van der Waals surface area contributed by atoms with Crippen molar-refractivity contribution in [1.29, 1.82) is 0 Å². The third kappa shape index (κ3) is 2.78. The monoisotopic (exact) mass is 262 g/mol. The molecule has 2 fully saturated rings. The van der Waals surface area contributed by atoms with Crippen LogP contribution in [0, 0.1) is 17.7 Å². The maximum Gasteiger partial charge on any atom is 0.221 e. The lowest BCUT2D eigenvalue weighted by Crippen LogP contribution is -2.28. The second kappa shape index (κ2) is 4.93. The molecule has 3 nitrogen and oxygen atoms in total. The Morgan fingerprint density at radius 3 is 2.74 bits per heavy atom. The first-order chi connectivity index (χ1) is 9.13. The van der Waals surface area contributed by atoms with Crippen LogP contribution in [0.3, 0.4) is 0 Å². The summed E-state index contributed by atoms with van der Waals surface area (Å²) in [5.74, 6) is 0.895. The molecule has 0 spiro atoms. The number of halogens is 1. The van der Waals surface area contributed by atoms with E-state index >= 15 is 0 Å². The van der Waals surface area contributed by atoms with Crippen LogP contribution in [0.1, 0.15) is 24.3 Å². The smallest absolute Gasteiger partial charge is 0.221 e. The lowest BCUT2D eigenvalue weighted by molar-refractivity contribution is -0.121. The Bertz CT molecular complexity index is 474. The van der Waals surface area contributed by atoms with Crippen molar-refractivity contribution in [2.24, 2.45) is 17.6 Å². The van der Waals surface area contributed by atoms with Gasteiger partial charge in [0.25, 0.3) is 0 Å². The van der Waals surface area contributed by atoms with E-state index in [1.54, 1.807) is 0 Å². The second-order valence-electron chi connectivity index (χ2n) is 5.80. The molecule has 3 rings (SSSR count). The van der Waals surface area contributed by atoms with Crippen LogP contribution in [-0.4, -0.2) is 30.4 Å². The summed E-state index contributed by atoms with van der Waals surface area (Å²) in [6.45, 7) is 2.81. The standard InChI is InChI=1S/C15H19FN2O/c16-13-3-1-10(2-4-13)14-7-12(14)9-18-6-5-11(8-18)15(17)19/h1-4,11-12,14H,5-9H2,(H2,17,19)/t11-,12-,14-/m1/s1. The molecule has 1 saturated carbocycles. The normalized spacial score (nSPS) is 30.5. The molecule has 1 aromatic rings. The van der Waals surface area contributed by atoms with E-state index in [2.05, 4.69) is 4.90 Å². The molecule has 2 aliphatic rings. The van der Waals surface area contributed by atoms with Crippen molar-refractivity contribution in [1.82, 2.24) is 4.90 Å². The number of rotatable bonds is 4. The summed E-state index contributed by atoms with van der Waals surface area (Å²) in [7, 11) is 0. The van der Waals surface area contributed by atoms with Gasteiger partial charge in [-0.3, -0.25) is 4.79 Å². The lowest BCUT2D eigenvalue weighted by atomic mass is 10.1. The van der Waals surface area contributed by atoms with E-state index in [4.69, 9.17) is 5.73 Å². The van der Waals surface area contributed by atoms with Gasteiger partial charge in [-0.15, -0.1) is 0 Å². The summed E-state index contributed by atoms with van der Waals surface area (Å²) >= 11 is 0. The molecule has 0 radical (unpaired) electrons. The molecular weight excluding hydrogens is 243 g/mol. The molecular formula is C15H19FN2O. The summed E-state index contributed by atoms with van der Waals surface area (Å²) in [6, 6.07) is 6.83. The van der Waals surface area contributed by atoms with E-state index in [1.807, 2.05) is 12.1 Å². The summed E-state index contributed by atoms with van der Waals surface area (Å²) in [5, 5.41) is 0. The highest BCUT2D eigenvalue weighted by atomic mass is 19.1. The molecule has 1 amide bonds. The number of primary amides is 1. The number of carbonyl (C=O) groups is 1. The van der Waals surface area contributed by atoms with Gasteiger partial charge in [-0.05, 0) is 48.9 Å². The van der Waals surface area contributed by atoms with Gasteiger partial charge >= 0.3 is 0 Å². The summed E-state index contributed by atoms with van der Waals surface area (Å²) in [6.07, 6.45) is 2.06. The SMILES string of the molecule is NC(=O)[C@@H]1CCN(C[C@H]2C[C@@H]2c2ccc(F)cc2)C1. The molecule has 0 unspecified atom stereocenters. The fourth-order valence-electron chi connectivity index (χ4n) is 3.13. The molecule has 1 saturated heterocycles. The van der Waals surface area contributed by atoms with Gasteiger partial charge < -0.3 is 10.6 Å². The van der Waals surface area contributed by atoms with Crippen molar-refractivity contribution in [3.05, 3.63) is 35.6 Å². The first-order valence-corrected chi connectivity index (χ1v) is 6.90. The molecule has 1 aromatic carbocycles. The predicted octanol–water partition coefficient (Wildman–Crippen LogP) is 1.74. The third-order valence-electron chi connectivity index (χ3n) is 4.39. The molecule has 1 aliphatic carbocycles. The number of nitrogens with two attached hydrogens (primary N) is 1. The van der Waals surface area contributed by atoms with Crippen molar-refractivity contribution < 1.29 is 9.18 Å². The number of benzene rings is 1. The van der Waals surface area contributed by atoms with Crippen molar-refractivity contribution in [3.8, 4) is 0 Å². The van der Waals surface area contributed by atoms with Gasteiger partial charge in [0, 0.05) is 13.1 Å². The fourth-order valence-corrected chi connectivity index (χ4v) is 3.13. The van der Waals surface area contributed by atoms with Gasteiger partial charge in [-0.2, -0.15) is 0 Å². The Kier molecular flexibility index (Phi) is 3.27. The summed E-state index contributed by atoms with van der Waals surface area (Å²) in [4.78, 5) is 13.5. The van der Waals surface area contributed by atoms with E-state index < -0.39 is 0 Å². The molecule has 1 heterocycles.